The highest BCUT2D eigenvalue weighted by Gasteiger charge is 2.26. The molecular weight excluding hydrogens is 363 g/mol. The van der Waals surface area contributed by atoms with Gasteiger partial charge in [0.05, 0.1) is 30.7 Å². The molecule has 9 heteroatoms. The van der Waals surface area contributed by atoms with E-state index in [1.165, 1.54) is 0 Å². The van der Waals surface area contributed by atoms with Gasteiger partial charge < -0.3 is 19.8 Å². The zero-order valence-electron chi connectivity index (χ0n) is 15.2. The Labute approximate surface area is 159 Å². The van der Waals surface area contributed by atoms with Gasteiger partial charge >= 0.3 is 0 Å². The van der Waals surface area contributed by atoms with E-state index in [4.69, 9.17) is 9.47 Å². The molecule has 0 radical (unpaired) electrons. The van der Waals surface area contributed by atoms with E-state index in [1.807, 2.05) is 30.6 Å². The third-order valence-electron chi connectivity index (χ3n) is 5.00. The second-order valence-electron chi connectivity index (χ2n) is 6.73. The number of rotatable bonds is 4. The van der Waals surface area contributed by atoms with Crippen LogP contribution in [-0.2, 0) is 4.74 Å². The normalized spacial score (nSPS) is 19.9. The third-order valence-corrected chi connectivity index (χ3v) is 5.00. The highest BCUT2D eigenvalue weighted by atomic mass is 19.1. The molecule has 4 aromatic heterocycles. The van der Waals surface area contributed by atoms with Crippen molar-refractivity contribution in [2.45, 2.75) is 18.6 Å². The van der Waals surface area contributed by atoms with Crippen LogP contribution in [0.4, 0.5) is 10.3 Å². The van der Waals surface area contributed by atoms with Gasteiger partial charge in [0.25, 0.3) is 0 Å². The van der Waals surface area contributed by atoms with Crippen LogP contribution >= 0.6 is 0 Å². The van der Waals surface area contributed by atoms with Crippen molar-refractivity contribution in [2.24, 2.45) is 0 Å². The van der Waals surface area contributed by atoms with Crippen molar-refractivity contribution in [3.63, 3.8) is 0 Å². The van der Waals surface area contributed by atoms with Crippen molar-refractivity contribution in [1.82, 2.24) is 24.6 Å². The molecule has 0 aromatic carbocycles. The van der Waals surface area contributed by atoms with Gasteiger partial charge in [-0.3, -0.25) is 0 Å². The summed E-state index contributed by atoms with van der Waals surface area (Å²) in [5.41, 5.74) is 3.53. The second-order valence-corrected chi connectivity index (χ2v) is 6.73. The lowest BCUT2D eigenvalue weighted by Gasteiger charge is -2.26. The van der Waals surface area contributed by atoms with Gasteiger partial charge in [-0.2, -0.15) is 15.1 Å². The summed E-state index contributed by atoms with van der Waals surface area (Å²) in [5, 5.41) is 8.08. The molecule has 5 rings (SSSR count). The van der Waals surface area contributed by atoms with E-state index >= 15 is 0 Å². The Morgan fingerprint density at radius 3 is 3.14 bits per heavy atom. The number of H-pyrrole nitrogens is 1. The van der Waals surface area contributed by atoms with Crippen LogP contribution in [0.25, 0.3) is 27.7 Å². The Bertz CT molecular complexity index is 1140. The average molecular weight is 382 g/mol. The lowest BCUT2D eigenvalue weighted by atomic mass is 10.1. The van der Waals surface area contributed by atoms with Crippen LogP contribution in [0.15, 0.2) is 36.8 Å². The molecule has 1 aliphatic rings. The van der Waals surface area contributed by atoms with E-state index in [1.54, 1.807) is 17.8 Å². The largest absolute Gasteiger partial charge is 0.480 e. The molecule has 0 unspecified atom stereocenters. The molecule has 1 aliphatic heterocycles. The van der Waals surface area contributed by atoms with Gasteiger partial charge in [0.15, 0.2) is 0 Å². The molecule has 2 atom stereocenters. The van der Waals surface area contributed by atoms with Crippen molar-refractivity contribution >= 4 is 22.5 Å². The fraction of sp³-hybridized carbons (Fsp3) is 0.316. The Morgan fingerprint density at radius 2 is 2.29 bits per heavy atom. The van der Waals surface area contributed by atoms with Gasteiger partial charge in [0, 0.05) is 30.8 Å². The predicted octanol–water partition coefficient (Wildman–Crippen LogP) is 2.82. The summed E-state index contributed by atoms with van der Waals surface area (Å²) in [6.07, 6.45) is 5.00. The van der Waals surface area contributed by atoms with Crippen LogP contribution in [0.3, 0.4) is 0 Å². The van der Waals surface area contributed by atoms with E-state index in [0.29, 0.717) is 30.5 Å². The number of aromatic amines is 1. The maximum atomic E-state index is 14.1. The van der Waals surface area contributed by atoms with Crippen LogP contribution in [0.5, 0.6) is 5.88 Å². The predicted molar refractivity (Wildman–Crippen MR) is 102 cm³/mol. The van der Waals surface area contributed by atoms with Gasteiger partial charge in [-0.1, -0.05) is 0 Å². The molecule has 0 bridgehead atoms. The van der Waals surface area contributed by atoms with Gasteiger partial charge in [-0.25, -0.2) is 8.91 Å². The molecule has 5 heterocycles. The Morgan fingerprint density at radius 1 is 1.36 bits per heavy atom. The topological polar surface area (TPSA) is 89.4 Å². The highest BCUT2D eigenvalue weighted by Crippen LogP contribution is 2.34. The number of nitrogens with one attached hydrogen (secondary N) is 2. The van der Waals surface area contributed by atoms with Crippen LogP contribution in [0, 0.1) is 0 Å². The Balaban J connectivity index is 1.55. The molecule has 0 saturated carbocycles. The Hall–Kier alpha value is -3.20. The standard InChI is InChI=1S/C19H19FN6O2/c1-27-18-16-13(11-3-6-26-12(8-11)2-5-22-26)9-21-17(16)24-19(25-18)23-15-4-7-28-10-14(15)20/h2-3,5-6,8-9,14-15H,4,7,10H2,1H3,(H2,21,23,24,25)/t14-,15-/m0/s1. The molecule has 0 spiro atoms. The van der Waals surface area contributed by atoms with Crippen molar-refractivity contribution in [3.05, 3.63) is 36.8 Å². The average Bonchev–Trinajstić information content (AvgIpc) is 3.35. The lowest BCUT2D eigenvalue weighted by molar-refractivity contribution is 0.0284. The van der Waals surface area contributed by atoms with Gasteiger partial charge in [0.2, 0.25) is 11.8 Å². The summed E-state index contributed by atoms with van der Waals surface area (Å²) < 4.78 is 26.5. The smallest absolute Gasteiger partial charge is 0.228 e. The van der Waals surface area contributed by atoms with E-state index in [0.717, 1.165) is 22.0 Å². The number of alkyl halides is 1. The molecule has 1 fully saturated rings. The number of hydrogen-bond donors (Lipinski definition) is 2. The number of nitrogens with zero attached hydrogens (tertiary/aromatic N) is 4. The first-order valence-electron chi connectivity index (χ1n) is 9.08. The Kier molecular flexibility index (Phi) is 4.09. The van der Waals surface area contributed by atoms with Crippen molar-refractivity contribution in [3.8, 4) is 17.0 Å². The van der Waals surface area contributed by atoms with E-state index < -0.39 is 6.17 Å². The molecule has 4 aromatic rings. The summed E-state index contributed by atoms with van der Waals surface area (Å²) in [4.78, 5) is 12.2. The lowest BCUT2D eigenvalue weighted by Crippen LogP contribution is -2.39. The molecule has 2 N–H and O–H groups in total. The summed E-state index contributed by atoms with van der Waals surface area (Å²) >= 11 is 0. The van der Waals surface area contributed by atoms with Crippen molar-refractivity contribution in [1.29, 1.82) is 0 Å². The molecule has 1 saturated heterocycles. The molecule has 144 valence electrons. The van der Waals surface area contributed by atoms with E-state index in [-0.39, 0.29) is 12.6 Å². The number of aromatic nitrogens is 5. The summed E-state index contributed by atoms with van der Waals surface area (Å²) in [6.45, 7) is 0.599. The number of ether oxygens (including phenoxy) is 2. The van der Waals surface area contributed by atoms with Gasteiger partial charge in [-0.05, 0) is 30.2 Å². The van der Waals surface area contributed by atoms with Gasteiger partial charge in [-0.15, -0.1) is 0 Å². The first-order valence-corrected chi connectivity index (χ1v) is 9.08. The number of fused-ring (bicyclic) bond motifs is 2. The number of halogens is 1. The SMILES string of the molecule is COc1nc(N[C@H]2CCOC[C@@H]2F)nc2[nH]cc(-c3ccn4nccc4c3)c12. The van der Waals surface area contributed by atoms with Crippen LogP contribution in [0.1, 0.15) is 6.42 Å². The second kappa shape index (κ2) is 6.75. The highest BCUT2D eigenvalue weighted by molar-refractivity contribution is 5.98. The van der Waals surface area contributed by atoms with Crippen molar-refractivity contribution < 1.29 is 13.9 Å². The zero-order chi connectivity index (χ0) is 19.1. The first kappa shape index (κ1) is 16.9. The van der Waals surface area contributed by atoms with Crippen LogP contribution in [0.2, 0.25) is 0 Å². The monoisotopic (exact) mass is 382 g/mol. The maximum Gasteiger partial charge on any atom is 0.228 e. The molecule has 0 aliphatic carbocycles. The number of hydrogen-bond acceptors (Lipinski definition) is 6. The third kappa shape index (κ3) is 2.84. The van der Waals surface area contributed by atoms with Crippen LogP contribution in [-0.4, -0.2) is 57.1 Å². The van der Waals surface area contributed by atoms with E-state index in [9.17, 15) is 4.39 Å². The summed E-state index contributed by atoms with van der Waals surface area (Å²) in [6, 6.07) is 5.57. The molecule has 0 amide bonds. The fourth-order valence-corrected chi connectivity index (χ4v) is 3.56. The molecular formula is C19H19FN6O2. The zero-order valence-corrected chi connectivity index (χ0v) is 15.2. The quantitative estimate of drug-likeness (QED) is 0.564. The minimum absolute atomic E-state index is 0.0841. The van der Waals surface area contributed by atoms with Crippen molar-refractivity contribution in [2.75, 3.05) is 25.6 Å². The maximum absolute atomic E-state index is 14.1. The summed E-state index contributed by atoms with van der Waals surface area (Å²) in [7, 11) is 1.56. The van der Waals surface area contributed by atoms with Crippen LogP contribution < -0.4 is 10.1 Å². The number of anilines is 1. The molecule has 28 heavy (non-hydrogen) atoms. The number of pyridine rings is 1. The van der Waals surface area contributed by atoms with E-state index in [2.05, 4.69) is 25.4 Å². The molecule has 8 nitrogen and oxygen atoms in total. The fourth-order valence-electron chi connectivity index (χ4n) is 3.56. The minimum atomic E-state index is -1.10. The number of methoxy groups -OCH3 is 1. The summed E-state index contributed by atoms with van der Waals surface area (Å²) in [5.74, 6) is 0.762. The van der Waals surface area contributed by atoms with Gasteiger partial charge in [0.1, 0.15) is 11.8 Å². The minimum Gasteiger partial charge on any atom is -0.480 e. The first-order chi connectivity index (χ1) is 13.7.